The summed E-state index contributed by atoms with van der Waals surface area (Å²) in [5.74, 6) is 0.117. The van der Waals surface area contributed by atoms with Crippen molar-refractivity contribution in [3.8, 4) is 0 Å². The lowest BCUT2D eigenvalue weighted by molar-refractivity contribution is -0.134. The molecule has 1 N–H and O–H groups in total. The van der Waals surface area contributed by atoms with Crippen molar-refractivity contribution in [1.29, 1.82) is 0 Å². The molecule has 36 heavy (non-hydrogen) atoms. The Hall–Kier alpha value is -3.60. The van der Waals surface area contributed by atoms with Crippen LogP contribution < -0.4 is 10.2 Å². The Morgan fingerprint density at radius 2 is 1.58 bits per heavy atom. The Kier molecular flexibility index (Phi) is 8.42. The maximum atomic E-state index is 14.0. The first-order valence-electron chi connectivity index (χ1n) is 12.9. The molecule has 0 aromatic heterocycles. The molecule has 2 amide bonds. The van der Waals surface area contributed by atoms with Crippen molar-refractivity contribution in [2.24, 2.45) is 5.92 Å². The summed E-state index contributed by atoms with van der Waals surface area (Å²) in [5.41, 5.74) is 4.97. The van der Waals surface area contributed by atoms with Gasteiger partial charge in [-0.3, -0.25) is 9.59 Å². The van der Waals surface area contributed by atoms with Crippen LogP contribution in [0.2, 0.25) is 0 Å². The molecule has 1 saturated carbocycles. The van der Waals surface area contributed by atoms with Gasteiger partial charge in [0.1, 0.15) is 0 Å². The quantitative estimate of drug-likeness (QED) is 0.373. The van der Waals surface area contributed by atoms with Crippen molar-refractivity contribution in [2.75, 3.05) is 24.3 Å². The SMILES string of the molecule is CC[C@@H](C(=O)N(Cc1ccccc1)Cc1cc(NC(=O)C2CCC2)ccc1N(C)C)c1ccccc1. The van der Waals surface area contributed by atoms with Gasteiger partial charge in [-0.25, -0.2) is 0 Å². The van der Waals surface area contributed by atoms with Crippen LogP contribution in [-0.4, -0.2) is 30.8 Å². The average molecular weight is 484 g/mol. The van der Waals surface area contributed by atoms with E-state index in [4.69, 9.17) is 0 Å². The van der Waals surface area contributed by atoms with E-state index >= 15 is 0 Å². The van der Waals surface area contributed by atoms with Crippen molar-refractivity contribution >= 4 is 23.2 Å². The minimum Gasteiger partial charge on any atom is -0.377 e. The van der Waals surface area contributed by atoms with Gasteiger partial charge in [-0.2, -0.15) is 0 Å². The number of hydrogen-bond acceptors (Lipinski definition) is 3. The zero-order chi connectivity index (χ0) is 25.5. The molecule has 0 aliphatic heterocycles. The van der Waals surface area contributed by atoms with Gasteiger partial charge in [-0.1, -0.05) is 74.0 Å². The highest BCUT2D eigenvalue weighted by molar-refractivity contribution is 5.93. The first-order valence-corrected chi connectivity index (χ1v) is 12.9. The maximum absolute atomic E-state index is 14.0. The second-order valence-electron chi connectivity index (χ2n) is 9.91. The normalized spacial score (nSPS) is 14.0. The van der Waals surface area contributed by atoms with Crippen LogP contribution >= 0.6 is 0 Å². The molecule has 188 valence electrons. The predicted octanol–water partition coefficient (Wildman–Crippen LogP) is 6.21. The summed E-state index contributed by atoms with van der Waals surface area (Å²) in [6.07, 6.45) is 3.78. The Morgan fingerprint density at radius 3 is 2.17 bits per heavy atom. The van der Waals surface area contributed by atoms with E-state index in [9.17, 15) is 9.59 Å². The summed E-state index contributed by atoms with van der Waals surface area (Å²) in [6, 6.07) is 26.2. The summed E-state index contributed by atoms with van der Waals surface area (Å²) in [6.45, 7) is 3.05. The van der Waals surface area contributed by atoms with Gasteiger partial charge in [0.05, 0.1) is 5.92 Å². The number of rotatable bonds is 10. The Balaban J connectivity index is 1.65. The average Bonchev–Trinajstić information content (AvgIpc) is 2.84. The molecule has 0 unspecified atom stereocenters. The van der Waals surface area contributed by atoms with Gasteiger partial charge in [-0.15, -0.1) is 0 Å². The zero-order valence-corrected chi connectivity index (χ0v) is 21.6. The lowest BCUT2D eigenvalue weighted by Crippen LogP contribution is -2.35. The minimum atomic E-state index is -0.209. The number of carbonyl (C=O) groups is 2. The summed E-state index contributed by atoms with van der Waals surface area (Å²) >= 11 is 0. The van der Waals surface area contributed by atoms with Gasteiger partial charge in [0.15, 0.2) is 0 Å². The topological polar surface area (TPSA) is 52.7 Å². The smallest absolute Gasteiger partial charge is 0.230 e. The third-order valence-corrected chi connectivity index (χ3v) is 7.10. The van der Waals surface area contributed by atoms with Crippen LogP contribution in [0.4, 0.5) is 11.4 Å². The Labute approximate surface area is 215 Å². The molecule has 1 atom stereocenters. The molecule has 0 radical (unpaired) electrons. The number of benzene rings is 3. The van der Waals surface area contributed by atoms with Gasteiger partial charge in [-0.05, 0) is 54.2 Å². The highest BCUT2D eigenvalue weighted by atomic mass is 16.2. The molecule has 0 saturated heterocycles. The third kappa shape index (κ3) is 6.14. The van der Waals surface area contributed by atoms with E-state index in [1.54, 1.807) is 0 Å². The first-order chi connectivity index (χ1) is 17.5. The van der Waals surface area contributed by atoms with E-state index in [2.05, 4.69) is 29.3 Å². The van der Waals surface area contributed by atoms with Crippen molar-refractivity contribution in [3.63, 3.8) is 0 Å². The molecule has 0 bridgehead atoms. The van der Waals surface area contributed by atoms with Crippen LogP contribution in [0.3, 0.4) is 0 Å². The van der Waals surface area contributed by atoms with Gasteiger partial charge in [0, 0.05) is 44.5 Å². The summed E-state index contributed by atoms with van der Waals surface area (Å²) in [5, 5.41) is 3.10. The van der Waals surface area contributed by atoms with E-state index in [0.29, 0.717) is 13.1 Å². The maximum Gasteiger partial charge on any atom is 0.230 e. The van der Waals surface area contributed by atoms with Crippen LogP contribution in [0, 0.1) is 5.92 Å². The fourth-order valence-corrected chi connectivity index (χ4v) is 4.82. The zero-order valence-electron chi connectivity index (χ0n) is 21.6. The molecular formula is C31H37N3O2. The summed E-state index contributed by atoms with van der Waals surface area (Å²) in [7, 11) is 4.02. The minimum absolute atomic E-state index is 0.0946. The third-order valence-electron chi connectivity index (χ3n) is 7.10. The number of carbonyl (C=O) groups excluding carboxylic acids is 2. The van der Waals surface area contributed by atoms with E-state index < -0.39 is 0 Å². The monoisotopic (exact) mass is 483 g/mol. The number of anilines is 2. The van der Waals surface area contributed by atoms with E-state index in [1.165, 1.54) is 0 Å². The second-order valence-corrected chi connectivity index (χ2v) is 9.91. The van der Waals surface area contributed by atoms with Crippen molar-refractivity contribution in [2.45, 2.75) is 51.6 Å². The highest BCUT2D eigenvalue weighted by Crippen LogP contribution is 2.31. The van der Waals surface area contributed by atoms with Crippen LogP contribution in [0.1, 0.15) is 55.2 Å². The lowest BCUT2D eigenvalue weighted by atomic mass is 9.85. The van der Waals surface area contributed by atoms with Crippen LogP contribution in [0.25, 0.3) is 0 Å². The standard InChI is InChI=1S/C31H37N3O2/c1-4-28(24-14-9-6-10-15-24)31(36)34(21-23-12-7-5-8-13-23)22-26-20-27(18-19-29(26)33(2)3)32-30(35)25-16-11-17-25/h5-10,12-15,18-20,25,28H,4,11,16-17,21-22H2,1-3H3,(H,32,35)/t28-/m1/s1. The number of nitrogens with zero attached hydrogens (tertiary/aromatic N) is 2. The van der Waals surface area contributed by atoms with Gasteiger partial charge < -0.3 is 15.1 Å². The molecule has 1 fully saturated rings. The van der Waals surface area contributed by atoms with E-state index in [-0.39, 0.29) is 23.7 Å². The Morgan fingerprint density at radius 1 is 0.917 bits per heavy atom. The van der Waals surface area contributed by atoms with E-state index in [0.717, 1.165) is 53.7 Å². The summed E-state index contributed by atoms with van der Waals surface area (Å²) in [4.78, 5) is 30.6. The molecule has 4 rings (SSSR count). The first kappa shape index (κ1) is 25.5. The van der Waals surface area contributed by atoms with Crippen molar-refractivity contribution in [1.82, 2.24) is 4.90 Å². The number of nitrogens with one attached hydrogen (secondary N) is 1. The van der Waals surface area contributed by atoms with Crippen LogP contribution in [-0.2, 0) is 22.7 Å². The molecule has 1 aliphatic carbocycles. The summed E-state index contributed by atoms with van der Waals surface area (Å²) < 4.78 is 0. The molecular weight excluding hydrogens is 446 g/mol. The van der Waals surface area contributed by atoms with Gasteiger partial charge in [0.2, 0.25) is 11.8 Å². The molecule has 5 nitrogen and oxygen atoms in total. The molecule has 1 aliphatic rings. The lowest BCUT2D eigenvalue weighted by Gasteiger charge is -2.30. The molecule has 3 aromatic rings. The number of amides is 2. The van der Waals surface area contributed by atoms with Crippen molar-refractivity contribution < 1.29 is 9.59 Å². The van der Waals surface area contributed by atoms with Crippen molar-refractivity contribution in [3.05, 3.63) is 95.6 Å². The number of hydrogen-bond donors (Lipinski definition) is 1. The molecule has 3 aromatic carbocycles. The van der Waals surface area contributed by atoms with E-state index in [1.807, 2.05) is 85.7 Å². The fourth-order valence-electron chi connectivity index (χ4n) is 4.82. The van der Waals surface area contributed by atoms with Crippen LogP contribution in [0.15, 0.2) is 78.9 Å². The second kappa shape index (κ2) is 11.9. The molecule has 0 heterocycles. The molecule has 0 spiro atoms. The largest absolute Gasteiger partial charge is 0.377 e. The van der Waals surface area contributed by atoms with Gasteiger partial charge in [0.25, 0.3) is 0 Å². The Bertz CT molecular complexity index is 1160. The van der Waals surface area contributed by atoms with Crippen LogP contribution in [0.5, 0.6) is 0 Å². The fraction of sp³-hybridized carbons (Fsp3) is 0.355. The highest BCUT2D eigenvalue weighted by Gasteiger charge is 2.27. The molecule has 5 heteroatoms. The van der Waals surface area contributed by atoms with Gasteiger partial charge >= 0.3 is 0 Å². The predicted molar refractivity (Wildman–Crippen MR) is 147 cm³/mol.